The number of ether oxygens (including phenoxy) is 2. The zero-order valence-electron chi connectivity index (χ0n) is 8.45. The molecule has 0 atom stereocenters. The lowest BCUT2D eigenvalue weighted by atomic mass is 10.1. The fraction of sp³-hybridized carbons (Fsp3) is 0.364. The monoisotopic (exact) mass is 194 g/mol. The number of benzene rings is 1. The van der Waals surface area contributed by atoms with Crippen LogP contribution in [-0.4, -0.2) is 26.6 Å². The second-order valence-corrected chi connectivity index (χ2v) is 2.87. The fourth-order valence-corrected chi connectivity index (χ4v) is 1.20. The normalized spacial score (nSPS) is 9.86. The Labute approximate surface area is 83.6 Å². The molecule has 0 heterocycles. The summed E-state index contributed by atoms with van der Waals surface area (Å²) in [6.07, 6.45) is 0.386. The van der Waals surface area contributed by atoms with Gasteiger partial charge in [-0.25, -0.2) is 0 Å². The molecule has 0 N–H and O–H groups in total. The SMILES string of the molecule is COCCC(=O)c1ccccc1OC. The van der Waals surface area contributed by atoms with Crippen molar-refractivity contribution in [1.29, 1.82) is 0 Å². The van der Waals surface area contributed by atoms with E-state index >= 15 is 0 Å². The summed E-state index contributed by atoms with van der Waals surface area (Å²) in [5.74, 6) is 0.665. The van der Waals surface area contributed by atoms with Gasteiger partial charge in [0.15, 0.2) is 5.78 Å². The van der Waals surface area contributed by atoms with Crippen LogP contribution in [0.25, 0.3) is 0 Å². The lowest BCUT2D eigenvalue weighted by Gasteiger charge is -2.06. The summed E-state index contributed by atoms with van der Waals surface area (Å²) in [4.78, 5) is 11.6. The van der Waals surface area contributed by atoms with E-state index < -0.39 is 0 Å². The lowest BCUT2D eigenvalue weighted by molar-refractivity contribution is 0.0929. The molecule has 0 bridgehead atoms. The second-order valence-electron chi connectivity index (χ2n) is 2.87. The van der Waals surface area contributed by atoms with E-state index in [2.05, 4.69) is 0 Å². The molecule has 14 heavy (non-hydrogen) atoms. The van der Waals surface area contributed by atoms with Crippen LogP contribution in [-0.2, 0) is 4.74 Å². The smallest absolute Gasteiger partial charge is 0.168 e. The van der Waals surface area contributed by atoms with E-state index in [1.807, 2.05) is 12.1 Å². The van der Waals surface area contributed by atoms with E-state index in [0.29, 0.717) is 24.3 Å². The summed E-state index contributed by atoms with van der Waals surface area (Å²) >= 11 is 0. The van der Waals surface area contributed by atoms with Gasteiger partial charge in [-0.1, -0.05) is 12.1 Å². The van der Waals surface area contributed by atoms with Crippen LogP contribution in [0.5, 0.6) is 5.75 Å². The number of rotatable bonds is 5. The zero-order chi connectivity index (χ0) is 10.4. The van der Waals surface area contributed by atoms with Crippen molar-refractivity contribution in [3.8, 4) is 5.75 Å². The van der Waals surface area contributed by atoms with Crippen LogP contribution >= 0.6 is 0 Å². The molecule has 0 saturated carbocycles. The van der Waals surface area contributed by atoms with Crippen molar-refractivity contribution in [1.82, 2.24) is 0 Å². The van der Waals surface area contributed by atoms with Gasteiger partial charge < -0.3 is 9.47 Å². The molecule has 76 valence electrons. The maximum atomic E-state index is 11.6. The van der Waals surface area contributed by atoms with Gasteiger partial charge in [-0.15, -0.1) is 0 Å². The Kier molecular flexibility index (Phi) is 4.13. The van der Waals surface area contributed by atoms with Gasteiger partial charge in [-0.05, 0) is 12.1 Å². The van der Waals surface area contributed by atoms with Crippen LogP contribution in [0.4, 0.5) is 0 Å². The highest BCUT2D eigenvalue weighted by molar-refractivity contribution is 5.98. The molecule has 1 rings (SSSR count). The van der Waals surface area contributed by atoms with Crippen molar-refractivity contribution < 1.29 is 14.3 Å². The summed E-state index contributed by atoms with van der Waals surface area (Å²) in [5, 5.41) is 0. The molecular formula is C11H14O3. The van der Waals surface area contributed by atoms with E-state index in [0.717, 1.165) is 0 Å². The van der Waals surface area contributed by atoms with Gasteiger partial charge >= 0.3 is 0 Å². The molecule has 0 aliphatic heterocycles. The van der Waals surface area contributed by atoms with E-state index in [1.165, 1.54) is 0 Å². The number of carbonyl (C=O) groups excluding carboxylic acids is 1. The molecule has 1 aromatic rings. The molecule has 3 heteroatoms. The minimum Gasteiger partial charge on any atom is -0.496 e. The molecule has 0 spiro atoms. The summed E-state index contributed by atoms with van der Waals surface area (Å²) in [6.45, 7) is 0.441. The summed E-state index contributed by atoms with van der Waals surface area (Å²) < 4.78 is 9.93. The van der Waals surface area contributed by atoms with Crippen molar-refractivity contribution >= 4 is 5.78 Å². The number of Topliss-reactive ketones (excluding diaryl/α,β-unsaturated/α-hetero) is 1. The van der Waals surface area contributed by atoms with Gasteiger partial charge in [0.05, 0.1) is 19.3 Å². The topological polar surface area (TPSA) is 35.5 Å². The average Bonchev–Trinajstić information content (AvgIpc) is 2.25. The van der Waals surface area contributed by atoms with Crippen LogP contribution in [0.2, 0.25) is 0 Å². The highest BCUT2D eigenvalue weighted by Gasteiger charge is 2.10. The van der Waals surface area contributed by atoms with Crippen molar-refractivity contribution in [2.24, 2.45) is 0 Å². The lowest BCUT2D eigenvalue weighted by Crippen LogP contribution is -2.05. The summed E-state index contributed by atoms with van der Waals surface area (Å²) in [6, 6.07) is 7.20. The third-order valence-electron chi connectivity index (χ3n) is 1.94. The molecule has 0 saturated heterocycles. The van der Waals surface area contributed by atoms with Gasteiger partial charge in [0, 0.05) is 13.5 Å². The first-order valence-electron chi connectivity index (χ1n) is 4.44. The van der Waals surface area contributed by atoms with E-state index in [1.54, 1.807) is 26.4 Å². The third kappa shape index (κ3) is 2.57. The highest BCUT2D eigenvalue weighted by atomic mass is 16.5. The van der Waals surface area contributed by atoms with E-state index in [9.17, 15) is 4.79 Å². The highest BCUT2D eigenvalue weighted by Crippen LogP contribution is 2.18. The molecule has 0 fully saturated rings. The first kappa shape index (κ1) is 10.7. The van der Waals surface area contributed by atoms with E-state index in [-0.39, 0.29) is 5.78 Å². The van der Waals surface area contributed by atoms with Crippen molar-refractivity contribution in [3.05, 3.63) is 29.8 Å². The van der Waals surface area contributed by atoms with Crippen LogP contribution in [0.15, 0.2) is 24.3 Å². The molecule has 0 unspecified atom stereocenters. The maximum absolute atomic E-state index is 11.6. The van der Waals surface area contributed by atoms with Gasteiger partial charge in [0.2, 0.25) is 0 Å². The number of methoxy groups -OCH3 is 2. The molecule has 1 aromatic carbocycles. The van der Waals surface area contributed by atoms with Gasteiger partial charge in [0.1, 0.15) is 5.75 Å². The minimum atomic E-state index is 0.0456. The predicted molar refractivity (Wildman–Crippen MR) is 53.8 cm³/mol. The minimum absolute atomic E-state index is 0.0456. The van der Waals surface area contributed by atoms with Crippen molar-refractivity contribution in [2.45, 2.75) is 6.42 Å². The summed E-state index contributed by atoms with van der Waals surface area (Å²) in [7, 11) is 3.14. The van der Waals surface area contributed by atoms with Crippen molar-refractivity contribution in [3.63, 3.8) is 0 Å². The predicted octanol–water partition coefficient (Wildman–Crippen LogP) is 1.91. The van der Waals surface area contributed by atoms with Crippen molar-refractivity contribution in [2.75, 3.05) is 20.8 Å². The molecule has 0 aliphatic carbocycles. The van der Waals surface area contributed by atoms with Gasteiger partial charge in [0.25, 0.3) is 0 Å². The Morgan fingerprint density at radius 3 is 2.64 bits per heavy atom. The first-order chi connectivity index (χ1) is 6.79. The Bertz CT molecular complexity index is 307. The summed E-state index contributed by atoms with van der Waals surface area (Å²) in [5.41, 5.74) is 0.618. The molecular weight excluding hydrogens is 180 g/mol. The number of ketones is 1. The number of hydrogen-bond donors (Lipinski definition) is 0. The molecule has 0 radical (unpaired) electrons. The second kappa shape index (κ2) is 5.40. The fourth-order valence-electron chi connectivity index (χ4n) is 1.20. The molecule has 0 aliphatic rings. The standard InChI is InChI=1S/C11H14O3/c1-13-8-7-10(12)9-5-3-4-6-11(9)14-2/h3-6H,7-8H2,1-2H3. The Hall–Kier alpha value is -1.35. The Morgan fingerprint density at radius 1 is 1.29 bits per heavy atom. The maximum Gasteiger partial charge on any atom is 0.168 e. The Balaban J connectivity index is 2.78. The van der Waals surface area contributed by atoms with Crippen LogP contribution in [0.3, 0.4) is 0 Å². The quantitative estimate of drug-likeness (QED) is 0.672. The number of carbonyl (C=O) groups is 1. The average molecular weight is 194 g/mol. The third-order valence-corrected chi connectivity index (χ3v) is 1.94. The van der Waals surface area contributed by atoms with Crippen LogP contribution in [0.1, 0.15) is 16.8 Å². The number of para-hydroxylation sites is 1. The first-order valence-corrected chi connectivity index (χ1v) is 4.44. The number of hydrogen-bond acceptors (Lipinski definition) is 3. The van der Waals surface area contributed by atoms with Crippen LogP contribution in [0, 0.1) is 0 Å². The largest absolute Gasteiger partial charge is 0.496 e. The van der Waals surface area contributed by atoms with Gasteiger partial charge in [-0.3, -0.25) is 4.79 Å². The van der Waals surface area contributed by atoms with Crippen LogP contribution < -0.4 is 4.74 Å². The molecule has 0 aromatic heterocycles. The Morgan fingerprint density at radius 2 is 2.00 bits per heavy atom. The van der Waals surface area contributed by atoms with Gasteiger partial charge in [-0.2, -0.15) is 0 Å². The van der Waals surface area contributed by atoms with E-state index in [4.69, 9.17) is 9.47 Å². The molecule has 3 nitrogen and oxygen atoms in total. The zero-order valence-corrected chi connectivity index (χ0v) is 8.45. The molecule has 0 amide bonds.